The summed E-state index contributed by atoms with van der Waals surface area (Å²) in [7, 11) is 0. The van der Waals surface area contributed by atoms with Gasteiger partial charge in [0, 0.05) is 13.0 Å². The van der Waals surface area contributed by atoms with Gasteiger partial charge in [0.1, 0.15) is 30.5 Å². The van der Waals surface area contributed by atoms with Crippen molar-refractivity contribution in [1.29, 1.82) is 0 Å². The number of carbonyl (C=O) groups excluding carboxylic acids is 1. The molecule has 6 atom stereocenters. The van der Waals surface area contributed by atoms with Gasteiger partial charge in [-0.25, -0.2) is 0 Å². The number of aliphatic hydroxyl groups excluding tert-OH is 4. The summed E-state index contributed by atoms with van der Waals surface area (Å²) < 4.78 is 22.8. The van der Waals surface area contributed by atoms with E-state index in [2.05, 4.69) is 38.2 Å². The second-order valence-electron chi connectivity index (χ2n) is 16.9. The van der Waals surface area contributed by atoms with Gasteiger partial charge >= 0.3 is 5.97 Å². The first-order valence-electron chi connectivity index (χ1n) is 24.4. The second kappa shape index (κ2) is 41.0. The van der Waals surface area contributed by atoms with E-state index in [0.717, 1.165) is 32.1 Å². The lowest BCUT2D eigenvalue weighted by Crippen LogP contribution is -2.59. The van der Waals surface area contributed by atoms with Crippen molar-refractivity contribution in [3.05, 3.63) is 24.3 Å². The Labute approximate surface area is 356 Å². The molecule has 0 bridgehead atoms. The zero-order chi connectivity index (χ0) is 42.2. The van der Waals surface area contributed by atoms with Gasteiger partial charge in [-0.3, -0.25) is 4.79 Å². The van der Waals surface area contributed by atoms with Crippen LogP contribution in [0.15, 0.2) is 24.3 Å². The van der Waals surface area contributed by atoms with Crippen molar-refractivity contribution in [2.45, 2.75) is 256 Å². The quantitative estimate of drug-likeness (QED) is 0.0269. The minimum atomic E-state index is -1.54. The fourth-order valence-corrected chi connectivity index (χ4v) is 7.48. The first-order valence-corrected chi connectivity index (χ1v) is 24.4. The van der Waals surface area contributed by atoms with Crippen LogP contribution in [0, 0.1) is 0 Å². The average molecular weight is 825 g/mol. The molecule has 1 saturated heterocycles. The highest BCUT2D eigenvalue weighted by Crippen LogP contribution is 2.23. The molecule has 342 valence electrons. The van der Waals surface area contributed by atoms with E-state index in [1.54, 1.807) is 0 Å². The van der Waals surface area contributed by atoms with Crippen LogP contribution in [0.3, 0.4) is 0 Å². The predicted molar refractivity (Wildman–Crippen MR) is 238 cm³/mol. The molecule has 1 fully saturated rings. The molecule has 9 heteroatoms. The number of hydrogen-bond donors (Lipinski definition) is 4. The van der Waals surface area contributed by atoms with E-state index in [0.29, 0.717) is 13.0 Å². The fraction of sp³-hybridized carbons (Fsp3) is 0.898. The highest BCUT2D eigenvalue weighted by atomic mass is 16.7. The third-order valence-corrected chi connectivity index (χ3v) is 11.3. The van der Waals surface area contributed by atoms with Gasteiger partial charge in [-0.2, -0.15) is 0 Å². The standard InChI is InChI=1S/C49H92O9/c1-3-5-7-9-11-13-15-17-19-20-21-22-23-24-25-26-28-30-32-34-36-38-45(51)57-43(42-56-49-48(54)47(53)46(52)44(40-50)58-49)41-55-39-37-35-33-31-29-27-18-16-14-12-10-8-6-4-2/h14,16,20-21,43-44,46-50,52-54H,3-13,15,17-19,22-42H2,1-2H3/b16-14-,21-20-. The summed E-state index contributed by atoms with van der Waals surface area (Å²) in [6, 6.07) is 0. The largest absolute Gasteiger partial charge is 0.457 e. The smallest absolute Gasteiger partial charge is 0.306 e. The summed E-state index contributed by atoms with van der Waals surface area (Å²) in [5.41, 5.74) is 0. The molecule has 0 aromatic rings. The highest BCUT2D eigenvalue weighted by Gasteiger charge is 2.44. The van der Waals surface area contributed by atoms with Gasteiger partial charge in [0.15, 0.2) is 6.29 Å². The monoisotopic (exact) mass is 825 g/mol. The molecule has 0 radical (unpaired) electrons. The van der Waals surface area contributed by atoms with Crippen LogP contribution in [0.25, 0.3) is 0 Å². The third kappa shape index (κ3) is 31.5. The maximum atomic E-state index is 12.8. The lowest BCUT2D eigenvalue weighted by molar-refractivity contribution is -0.305. The van der Waals surface area contributed by atoms with Crippen LogP contribution in [0.2, 0.25) is 0 Å². The highest BCUT2D eigenvalue weighted by molar-refractivity contribution is 5.69. The SMILES string of the molecule is CCCCCC/C=C\CCCCCCCCOCC(COC1OC(CO)C(O)C(O)C1O)OC(=O)CCCCCCCCCCC/C=C\CCCCCCCCCC. The Morgan fingerprint density at radius 3 is 1.41 bits per heavy atom. The lowest BCUT2D eigenvalue weighted by Gasteiger charge is -2.39. The minimum absolute atomic E-state index is 0.114. The number of allylic oxidation sites excluding steroid dienone is 4. The summed E-state index contributed by atoms with van der Waals surface area (Å²) in [6.45, 7) is 4.55. The molecule has 0 amide bonds. The van der Waals surface area contributed by atoms with E-state index in [1.807, 2.05) is 0 Å². The first-order chi connectivity index (χ1) is 28.4. The van der Waals surface area contributed by atoms with Gasteiger partial charge in [-0.05, 0) is 64.2 Å². The summed E-state index contributed by atoms with van der Waals surface area (Å²) in [5, 5.41) is 40.2. The van der Waals surface area contributed by atoms with Crippen molar-refractivity contribution in [2.75, 3.05) is 26.4 Å². The molecule has 1 rings (SSSR count). The summed E-state index contributed by atoms with van der Waals surface area (Å²) >= 11 is 0. The van der Waals surface area contributed by atoms with Gasteiger partial charge in [-0.1, -0.05) is 173 Å². The molecule has 0 saturated carbocycles. The van der Waals surface area contributed by atoms with E-state index >= 15 is 0 Å². The van der Waals surface area contributed by atoms with Crippen molar-refractivity contribution < 1.29 is 44.2 Å². The second-order valence-corrected chi connectivity index (χ2v) is 16.9. The number of aliphatic hydroxyl groups is 4. The van der Waals surface area contributed by atoms with Crippen molar-refractivity contribution in [3.63, 3.8) is 0 Å². The zero-order valence-corrected chi connectivity index (χ0v) is 37.6. The fourth-order valence-electron chi connectivity index (χ4n) is 7.48. The predicted octanol–water partition coefficient (Wildman–Crippen LogP) is 11.4. The van der Waals surface area contributed by atoms with Crippen LogP contribution in [0.1, 0.15) is 219 Å². The van der Waals surface area contributed by atoms with Gasteiger partial charge in [0.2, 0.25) is 0 Å². The number of unbranched alkanes of at least 4 members (excludes halogenated alkanes) is 27. The van der Waals surface area contributed by atoms with E-state index in [-0.39, 0.29) is 19.2 Å². The first kappa shape index (κ1) is 54.7. The van der Waals surface area contributed by atoms with Gasteiger partial charge < -0.3 is 39.4 Å². The Balaban J connectivity index is 2.21. The zero-order valence-electron chi connectivity index (χ0n) is 37.6. The Hall–Kier alpha value is -1.33. The third-order valence-electron chi connectivity index (χ3n) is 11.3. The Kier molecular flexibility index (Phi) is 38.7. The van der Waals surface area contributed by atoms with Crippen LogP contribution in [-0.2, 0) is 23.7 Å². The number of carbonyl (C=O) groups is 1. The lowest BCUT2D eigenvalue weighted by atomic mass is 9.99. The van der Waals surface area contributed by atoms with Crippen LogP contribution < -0.4 is 0 Å². The number of rotatable bonds is 42. The normalized spacial score (nSPS) is 20.4. The molecule has 0 aliphatic carbocycles. The van der Waals surface area contributed by atoms with Crippen molar-refractivity contribution in [3.8, 4) is 0 Å². The topological polar surface area (TPSA) is 135 Å². The Morgan fingerprint density at radius 2 is 0.948 bits per heavy atom. The van der Waals surface area contributed by atoms with Crippen molar-refractivity contribution >= 4 is 5.97 Å². The van der Waals surface area contributed by atoms with Crippen molar-refractivity contribution in [2.24, 2.45) is 0 Å². The molecule has 0 aromatic carbocycles. The van der Waals surface area contributed by atoms with Crippen LogP contribution in [-0.4, -0.2) is 89.6 Å². The average Bonchev–Trinajstić information content (AvgIpc) is 3.22. The van der Waals surface area contributed by atoms with E-state index in [1.165, 1.54) is 167 Å². The summed E-state index contributed by atoms with van der Waals surface area (Å²) in [4.78, 5) is 12.8. The number of ether oxygens (including phenoxy) is 4. The number of hydrogen-bond acceptors (Lipinski definition) is 9. The molecule has 9 nitrogen and oxygen atoms in total. The Morgan fingerprint density at radius 1 is 0.534 bits per heavy atom. The molecule has 58 heavy (non-hydrogen) atoms. The summed E-state index contributed by atoms with van der Waals surface area (Å²) in [6.07, 6.45) is 40.6. The molecular formula is C49H92O9. The van der Waals surface area contributed by atoms with Crippen LogP contribution in [0.5, 0.6) is 0 Å². The molecule has 0 aromatic heterocycles. The molecule has 0 spiro atoms. The minimum Gasteiger partial charge on any atom is -0.457 e. The summed E-state index contributed by atoms with van der Waals surface area (Å²) in [5.74, 6) is -0.316. The molecular weight excluding hydrogens is 733 g/mol. The van der Waals surface area contributed by atoms with Gasteiger partial charge in [0.05, 0.1) is 19.8 Å². The van der Waals surface area contributed by atoms with Gasteiger partial charge in [0.25, 0.3) is 0 Å². The van der Waals surface area contributed by atoms with E-state index < -0.39 is 43.4 Å². The Bertz CT molecular complexity index is 941. The van der Waals surface area contributed by atoms with Gasteiger partial charge in [-0.15, -0.1) is 0 Å². The molecule has 4 N–H and O–H groups in total. The van der Waals surface area contributed by atoms with Crippen LogP contribution in [0.4, 0.5) is 0 Å². The van der Waals surface area contributed by atoms with Crippen LogP contribution >= 0.6 is 0 Å². The molecule has 1 aliphatic rings. The molecule has 1 aliphatic heterocycles. The maximum Gasteiger partial charge on any atom is 0.306 e. The maximum absolute atomic E-state index is 12.8. The van der Waals surface area contributed by atoms with Crippen molar-refractivity contribution in [1.82, 2.24) is 0 Å². The van der Waals surface area contributed by atoms with E-state index in [9.17, 15) is 25.2 Å². The molecule has 1 heterocycles. The number of esters is 1. The van der Waals surface area contributed by atoms with E-state index in [4.69, 9.17) is 18.9 Å². The molecule has 6 unspecified atom stereocenters.